The van der Waals surface area contributed by atoms with Gasteiger partial charge in [-0.1, -0.05) is 13.0 Å². The molecule has 1 heterocycles. The van der Waals surface area contributed by atoms with Crippen molar-refractivity contribution in [3.63, 3.8) is 0 Å². The molecular formula is C19H22N2O5S. The third-order valence-electron chi connectivity index (χ3n) is 3.88. The molecule has 1 amide bonds. The number of fused-ring (bicyclic) bond motifs is 1. The van der Waals surface area contributed by atoms with Gasteiger partial charge in [0.15, 0.2) is 11.5 Å². The van der Waals surface area contributed by atoms with Crippen LogP contribution >= 0.6 is 0 Å². The maximum Gasteiger partial charge on any atom is 0.255 e. The van der Waals surface area contributed by atoms with E-state index in [-0.39, 0.29) is 11.7 Å². The van der Waals surface area contributed by atoms with E-state index in [9.17, 15) is 13.2 Å². The van der Waals surface area contributed by atoms with Crippen LogP contribution in [0.5, 0.6) is 11.5 Å². The zero-order chi connectivity index (χ0) is 19.3. The molecule has 1 aliphatic heterocycles. The number of carbonyl (C=O) groups excluding carboxylic acids is 1. The van der Waals surface area contributed by atoms with Gasteiger partial charge in [0.1, 0.15) is 0 Å². The van der Waals surface area contributed by atoms with Crippen molar-refractivity contribution in [3.8, 4) is 11.5 Å². The summed E-state index contributed by atoms with van der Waals surface area (Å²) in [6, 6.07) is 11.6. The predicted molar refractivity (Wildman–Crippen MR) is 104 cm³/mol. The third kappa shape index (κ3) is 5.13. The number of hydrogen-bond acceptors (Lipinski definition) is 5. The van der Waals surface area contributed by atoms with Crippen molar-refractivity contribution in [2.24, 2.45) is 0 Å². The molecule has 2 aromatic carbocycles. The van der Waals surface area contributed by atoms with Crippen LogP contribution in [0.15, 0.2) is 42.5 Å². The molecule has 0 saturated heterocycles. The summed E-state index contributed by atoms with van der Waals surface area (Å²) in [7, 11) is -3.41. The van der Waals surface area contributed by atoms with Crippen molar-refractivity contribution in [1.82, 2.24) is 0 Å². The Hall–Kier alpha value is -2.74. The van der Waals surface area contributed by atoms with Gasteiger partial charge < -0.3 is 14.8 Å². The molecule has 7 nitrogen and oxygen atoms in total. The number of carbonyl (C=O) groups is 1. The van der Waals surface area contributed by atoms with Gasteiger partial charge in [-0.05, 0) is 36.8 Å². The molecule has 0 aliphatic carbocycles. The Morgan fingerprint density at radius 1 is 1.04 bits per heavy atom. The van der Waals surface area contributed by atoms with Crippen molar-refractivity contribution in [3.05, 3.63) is 48.0 Å². The fraction of sp³-hybridized carbons (Fsp3) is 0.316. The van der Waals surface area contributed by atoms with E-state index in [1.165, 1.54) is 6.07 Å². The van der Waals surface area contributed by atoms with Crippen LogP contribution in [-0.4, -0.2) is 33.3 Å². The highest BCUT2D eigenvalue weighted by Gasteiger charge is 2.14. The van der Waals surface area contributed by atoms with Gasteiger partial charge in [0.2, 0.25) is 10.0 Å². The molecule has 3 rings (SSSR count). The van der Waals surface area contributed by atoms with Gasteiger partial charge in [0.05, 0.1) is 19.0 Å². The molecule has 2 aromatic rings. The molecule has 1 aliphatic rings. The van der Waals surface area contributed by atoms with Crippen molar-refractivity contribution in [2.75, 3.05) is 29.0 Å². The molecule has 0 bridgehead atoms. The standard InChI is InChI=1S/C19H22N2O5S/c1-2-11-27(23,24)21-16-6-3-5-14(12-16)19(22)20-15-7-8-17-18(13-15)26-10-4-9-25-17/h3,5-8,12-13,21H,2,4,9-11H2,1H3,(H,20,22). The minimum absolute atomic E-state index is 0.0284. The largest absolute Gasteiger partial charge is 0.490 e. The lowest BCUT2D eigenvalue weighted by Gasteiger charge is -2.11. The summed E-state index contributed by atoms with van der Waals surface area (Å²) < 4.78 is 37.5. The first kappa shape index (κ1) is 19.0. The van der Waals surface area contributed by atoms with E-state index < -0.39 is 10.0 Å². The number of ether oxygens (including phenoxy) is 2. The van der Waals surface area contributed by atoms with E-state index >= 15 is 0 Å². The first-order valence-electron chi connectivity index (χ1n) is 8.78. The number of nitrogens with one attached hydrogen (secondary N) is 2. The SMILES string of the molecule is CCCS(=O)(=O)Nc1cccc(C(=O)Nc2ccc3c(c2)OCCCO3)c1. The number of amides is 1. The molecule has 0 aromatic heterocycles. The Labute approximate surface area is 158 Å². The van der Waals surface area contributed by atoms with Crippen LogP contribution in [0.25, 0.3) is 0 Å². The Kier molecular flexibility index (Phi) is 5.85. The van der Waals surface area contributed by atoms with Crippen molar-refractivity contribution in [1.29, 1.82) is 0 Å². The lowest BCUT2D eigenvalue weighted by molar-refractivity contribution is 0.102. The Morgan fingerprint density at radius 3 is 2.59 bits per heavy atom. The molecule has 0 atom stereocenters. The summed E-state index contributed by atoms with van der Waals surface area (Å²) in [6.45, 7) is 2.95. The van der Waals surface area contributed by atoms with Crippen LogP contribution in [0, 0.1) is 0 Å². The summed E-state index contributed by atoms with van der Waals surface area (Å²) in [6.07, 6.45) is 1.32. The molecule has 0 unspecified atom stereocenters. The lowest BCUT2D eigenvalue weighted by Crippen LogP contribution is -2.17. The molecule has 8 heteroatoms. The smallest absolute Gasteiger partial charge is 0.255 e. The van der Waals surface area contributed by atoms with Crippen LogP contribution in [0.2, 0.25) is 0 Å². The van der Waals surface area contributed by atoms with E-state index in [1.807, 2.05) is 0 Å². The molecule has 0 saturated carbocycles. The Morgan fingerprint density at radius 2 is 1.81 bits per heavy atom. The van der Waals surface area contributed by atoms with Gasteiger partial charge in [-0.15, -0.1) is 0 Å². The second kappa shape index (κ2) is 8.30. The second-order valence-corrected chi connectivity index (χ2v) is 8.01. The Balaban J connectivity index is 1.73. The molecule has 0 spiro atoms. The van der Waals surface area contributed by atoms with Gasteiger partial charge in [0.25, 0.3) is 5.91 Å². The van der Waals surface area contributed by atoms with Crippen LogP contribution < -0.4 is 19.5 Å². The number of sulfonamides is 1. The zero-order valence-electron chi connectivity index (χ0n) is 15.0. The van der Waals surface area contributed by atoms with E-state index in [0.717, 1.165) is 6.42 Å². The minimum atomic E-state index is -3.41. The van der Waals surface area contributed by atoms with Gasteiger partial charge in [-0.25, -0.2) is 8.42 Å². The van der Waals surface area contributed by atoms with E-state index in [4.69, 9.17) is 9.47 Å². The molecule has 0 radical (unpaired) electrons. The molecular weight excluding hydrogens is 368 g/mol. The maximum atomic E-state index is 12.5. The molecule has 0 fully saturated rings. The molecule has 144 valence electrons. The van der Waals surface area contributed by atoms with Gasteiger partial charge in [-0.2, -0.15) is 0 Å². The number of benzene rings is 2. The van der Waals surface area contributed by atoms with Gasteiger partial charge >= 0.3 is 0 Å². The maximum absolute atomic E-state index is 12.5. The molecule has 2 N–H and O–H groups in total. The summed E-state index contributed by atoms with van der Waals surface area (Å²) in [4.78, 5) is 12.5. The average Bonchev–Trinajstić information content (AvgIpc) is 2.86. The molecule has 27 heavy (non-hydrogen) atoms. The second-order valence-electron chi connectivity index (χ2n) is 6.17. The average molecular weight is 390 g/mol. The number of rotatable bonds is 6. The van der Waals surface area contributed by atoms with Crippen molar-refractivity contribution >= 4 is 27.3 Å². The van der Waals surface area contributed by atoms with Gasteiger partial charge in [0, 0.05) is 29.4 Å². The van der Waals surface area contributed by atoms with Crippen molar-refractivity contribution < 1.29 is 22.7 Å². The quantitative estimate of drug-likeness (QED) is 0.790. The highest BCUT2D eigenvalue weighted by Crippen LogP contribution is 2.32. The summed E-state index contributed by atoms with van der Waals surface area (Å²) in [5.74, 6) is 0.922. The van der Waals surface area contributed by atoms with Crippen LogP contribution in [0.4, 0.5) is 11.4 Å². The number of hydrogen-bond donors (Lipinski definition) is 2. The minimum Gasteiger partial charge on any atom is -0.490 e. The van der Waals surface area contributed by atoms with E-state index in [2.05, 4.69) is 10.0 Å². The monoisotopic (exact) mass is 390 g/mol. The van der Waals surface area contributed by atoms with Crippen molar-refractivity contribution in [2.45, 2.75) is 19.8 Å². The highest BCUT2D eigenvalue weighted by atomic mass is 32.2. The summed E-state index contributed by atoms with van der Waals surface area (Å²) >= 11 is 0. The fourth-order valence-corrected chi connectivity index (χ4v) is 3.79. The topological polar surface area (TPSA) is 93.7 Å². The van der Waals surface area contributed by atoms with E-state index in [1.54, 1.807) is 43.3 Å². The number of anilines is 2. The van der Waals surface area contributed by atoms with Crippen LogP contribution in [-0.2, 0) is 10.0 Å². The normalized spacial score (nSPS) is 13.5. The van der Waals surface area contributed by atoms with Gasteiger partial charge in [-0.3, -0.25) is 9.52 Å². The van der Waals surface area contributed by atoms with E-state index in [0.29, 0.717) is 48.1 Å². The summed E-state index contributed by atoms with van der Waals surface area (Å²) in [5.41, 5.74) is 1.27. The fourth-order valence-electron chi connectivity index (χ4n) is 2.67. The zero-order valence-corrected chi connectivity index (χ0v) is 15.8. The lowest BCUT2D eigenvalue weighted by atomic mass is 10.2. The first-order valence-corrected chi connectivity index (χ1v) is 10.4. The summed E-state index contributed by atoms with van der Waals surface area (Å²) in [5, 5.41) is 2.79. The van der Waals surface area contributed by atoms with Crippen LogP contribution in [0.3, 0.4) is 0 Å². The first-order chi connectivity index (χ1) is 13.0. The Bertz CT molecular complexity index is 927. The predicted octanol–water partition coefficient (Wildman–Crippen LogP) is 3.25. The highest BCUT2D eigenvalue weighted by molar-refractivity contribution is 7.92. The van der Waals surface area contributed by atoms with Crippen LogP contribution in [0.1, 0.15) is 30.1 Å². The third-order valence-corrected chi connectivity index (χ3v) is 5.37.